The number of ether oxygens (including phenoxy) is 2. The normalized spacial score (nSPS) is 15.4. The zero-order valence-electron chi connectivity index (χ0n) is 27.8. The summed E-state index contributed by atoms with van der Waals surface area (Å²) in [6.07, 6.45) is 2.58. The quantitative estimate of drug-likeness (QED) is 0.207. The summed E-state index contributed by atoms with van der Waals surface area (Å²) in [7, 11) is 0. The minimum absolute atomic E-state index is 0.174. The third-order valence-corrected chi connectivity index (χ3v) is 8.30. The molecule has 0 aliphatic carbocycles. The highest BCUT2D eigenvalue weighted by atomic mass is 16.6. The average molecular weight is 642 g/mol. The Kier molecular flexibility index (Phi) is 9.67. The van der Waals surface area contributed by atoms with E-state index >= 15 is 0 Å². The number of pyridine rings is 1. The molecule has 1 atom stereocenters. The van der Waals surface area contributed by atoms with E-state index in [4.69, 9.17) is 14.0 Å². The lowest BCUT2D eigenvalue weighted by Gasteiger charge is -2.56. The molecular formula is C36H43N5O6. The number of carbonyl (C=O) groups excluding carboxylic acids is 2. The summed E-state index contributed by atoms with van der Waals surface area (Å²) >= 11 is 0. The van der Waals surface area contributed by atoms with E-state index in [2.05, 4.69) is 34.3 Å². The molecule has 4 aromatic rings. The van der Waals surface area contributed by atoms with E-state index in [1.54, 1.807) is 23.4 Å². The molecule has 1 aliphatic rings. The van der Waals surface area contributed by atoms with Crippen molar-refractivity contribution in [1.82, 2.24) is 25.3 Å². The van der Waals surface area contributed by atoms with Gasteiger partial charge in [-0.1, -0.05) is 80.5 Å². The van der Waals surface area contributed by atoms with Gasteiger partial charge in [0, 0.05) is 55.0 Å². The first-order valence-electron chi connectivity index (χ1n) is 15.8. The van der Waals surface area contributed by atoms with Crippen LogP contribution in [0, 0.1) is 5.41 Å². The van der Waals surface area contributed by atoms with Gasteiger partial charge in [-0.15, -0.1) is 0 Å². The second-order valence-corrected chi connectivity index (χ2v) is 13.6. The van der Waals surface area contributed by atoms with Crippen molar-refractivity contribution in [2.75, 3.05) is 19.6 Å². The Balaban J connectivity index is 1.32. The fraction of sp³-hybridized carbons (Fsp3) is 0.417. The van der Waals surface area contributed by atoms with Crippen LogP contribution in [0.1, 0.15) is 75.6 Å². The minimum atomic E-state index is -1.51. The fourth-order valence-corrected chi connectivity index (χ4v) is 5.73. The van der Waals surface area contributed by atoms with Crippen molar-refractivity contribution >= 4 is 12.2 Å². The summed E-state index contributed by atoms with van der Waals surface area (Å²) in [5, 5.41) is 19.5. The van der Waals surface area contributed by atoms with Gasteiger partial charge in [0.2, 0.25) is 11.7 Å². The molecule has 0 spiro atoms. The van der Waals surface area contributed by atoms with Crippen molar-refractivity contribution in [1.29, 1.82) is 0 Å². The molecule has 1 saturated heterocycles. The average Bonchev–Trinajstić information content (AvgIpc) is 3.50. The molecule has 2 aromatic heterocycles. The lowest BCUT2D eigenvalue weighted by atomic mass is 9.62. The highest BCUT2D eigenvalue weighted by molar-refractivity contribution is 5.70. The molecule has 2 aromatic carbocycles. The maximum Gasteiger partial charge on any atom is 0.410 e. The maximum absolute atomic E-state index is 12.8. The summed E-state index contributed by atoms with van der Waals surface area (Å²) in [5.41, 5.74) is 0.917. The Morgan fingerprint density at radius 3 is 2.40 bits per heavy atom. The van der Waals surface area contributed by atoms with E-state index < -0.39 is 28.8 Å². The third-order valence-electron chi connectivity index (χ3n) is 8.30. The molecule has 47 heavy (non-hydrogen) atoms. The summed E-state index contributed by atoms with van der Waals surface area (Å²) in [6, 6.07) is 19.1. The van der Waals surface area contributed by atoms with Gasteiger partial charge in [0.15, 0.2) is 0 Å². The number of alkyl carbamates (subject to hydrolysis) is 1. The van der Waals surface area contributed by atoms with Gasteiger partial charge in [-0.2, -0.15) is 4.98 Å². The number of hydrogen-bond acceptors (Lipinski definition) is 9. The van der Waals surface area contributed by atoms with Crippen LogP contribution in [-0.2, 0) is 28.1 Å². The first-order valence-corrected chi connectivity index (χ1v) is 15.8. The van der Waals surface area contributed by atoms with Crippen LogP contribution >= 0.6 is 0 Å². The topological polar surface area (TPSA) is 140 Å². The first kappa shape index (κ1) is 33.6. The Bertz CT molecular complexity index is 1680. The highest BCUT2D eigenvalue weighted by Crippen LogP contribution is 2.51. The number of likely N-dealkylation sites (tertiary alicyclic amines) is 1. The predicted octanol–water partition coefficient (Wildman–Crippen LogP) is 6.22. The van der Waals surface area contributed by atoms with Gasteiger partial charge in [-0.25, -0.2) is 9.59 Å². The summed E-state index contributed by atoms with van der Waals surface area (Å²) < 4.78 is 16.3. The van der Waals surface area contributed by atoms with Crippen LogP contribution in [0.25, 0.3) is 11.4 Å². The van der Waals surface area contributed by atoms with Crippen molar-refractivity contribution in [3.63, 3.8) is 0 Å². The van der Waals surface area contributed by atoms with Crippen LogP contribution in [-0.4, -0.2) is 62.6 Å². The smallest absolute Gasteiger partial charge is 0.410 e. The van der Waals surface area contributed by atoms with Crippen LogP contribution in [0.2, 0.25) is 0 Å². The van der Waals surface area contributed by atoms with Gasteiger partial charge < -0.3 is 29.3 Å². The number of rotatable bonds is 10. The lowest BCUT2D eigenvalue weighted by molar-refractivity contribution is -0.131. The molecule has 248 valence electrons. The van der Waals surface area contributed by atoms with E-state index in [0.29, 0.717) is 40.7 Å². The van der Waals surface area contributed by atoms with E-state index in [1.165, 1.54) is 0 Å². The second-order valence-electron chi connectivity index (χ2n) is 13.6. The zero-order chi connectivity index (χ0) is 33.8. The fourth-order valence-electron chi connectivity index (χ4n) is 5.73. The first-order chi connectivity index (χ1) is 22.3. The number of hydrogen-bond donors (Lipinski definition) is 2. The van der Waals surface area contributed by atoms with Crippen molar-refractivity contribution in [2.45, 2.75) is 71.7 Å². The Morgan fingerprint density at radius 2 is 1.74 bits per heavy atom. The van der Waals surface area contributed by atoms with Crippen LogP contribution in [0.3, 0.4) is 0 Å². The Hall–Kier alpha value is -4.77. The van der Waals surface area contributed by atoms with E-state index in [1.807, 2.05) is 82.3 Å². The SMILES string of the molecule is CC(C)c1ccc([C@](O)(c2cncc(-c3noc(CCNC(=O)OCc4ccccc4)n3)c2)C2(C)CN(C(=O)OC(C)(C)C)C2)cc1. The molecule has 11 heteroatoms. The van der Waals surface area contributed by atoms with Gasteiger partial charge in [-0.3, -0.25) is 4.98 Å². The van der Waals surface area contributed by atoms with Crippen molar-refractivity contribution in [2.24, 2.45) is 5.41 Å². The van der Waals surface area contributed by atoms with Gasteiger partial charge in [0.25, 0.3) is 0 Å². The van der Waals surface area contributed by atoms with Crippen LogP contribution in [0.15, 0.2) is 77.6 Å². The Morgan fingerprint density at radius 1 is 1.04 bits per heavy atom. The molecule has 3 heterocycles. The van der Waals surface area contributed by atoms with Crippen LogP contribution in [0.4, 0.5) is 9.59 Å². The van der Waals surface area contributed by atoms with E-state index in [0.717, 1.165) is 11.1 Å². The van der Waals surface area contributed by atoms with Gasteiger partial charge in [0.1, 0.15) is 17.8 Å². The largest absolute Gasteiger partial charge is 0.445 e. The number of benzene rings is 2. The van der Waals surface area contributed by atoms with Gasteiger partial charge >= 0.3 is 12.2 Å². The molecule has 2 amide bonds. The highest BCUT2D eigenvalue weighted by Gasteiger charge is 2.58. The maximum atomic E-state index is 12.8. The van der Waals surface area contributed by atoms with Gasteiger partial charge in [0.05, 0.1) is 0 Å². The molecule has 11 nitrogen and oxygen atoms in total. The molecular weight excluding hydrogens is 598 g/mol. The van der Waals surface area contributed by atoms with Crippen LogP contribution < -0.4 is 5.32 Å². The standard InChI is InChI=1S/C36H43N5O6/c1-24(2)26-12-14-28(15-13-26)36(44,35(6)22-41(23-35)33(43)46-34(3,4)5)29-18-27(19-37-20-29)31-39-30(47-40-31)16-17-38-32(42)45-21-25-10-8-7-9-11-25/h7-15,18-20,24,44H,16-17,21-23H2,1-6H3,(H,38,42)/t36-/m0/s1. The summed E-state index contributed by atoms with van der Waals surface area (Å²) in [6.45, 7) is 12.7. The molecule has 0 saturated carbocycles. The number of amides is 2. The summed E-state index contributed by atoms with van der Waals surface area (Å²) in [5.74, 6) is 0.951. The zero-order valence-corrected chi connectivity index (χ0v) is 27.8. The number of aromatic nitrogens is 3. The Labute approximate surface area is 275 Å². The molecule has 2 N–H and O–H groups in total. The molecule has 0 unspecified atom stereocenters. The van der Waals surface area contributed by atoms with Crippen LogP contribution in [0.5, 0.6) is 0 Å². The second kappa shape index (κ2) is 13.5. The number of nitrogens with zero attached hydrogens (tertiary/aromatic N) is 4. The minimum Gasteiger partial charge on any atom is -0.445 e. The molecule has 0 bridgehead atoms. The molecule has 5 rings (SSSR count). The number of aliphatic hydroxyl groups is 1. The molecule has 1 aliphatic heterocycles. The van der Waals surface area contributed by atoms with E-state index in [-0.39, 0.29) is 26.2 Å². The van der Waals surface area contributed by atoms with Crippen molar-refractivity contribution < 1.29 is 28.7 Å². The third kappa shape index (κ3) is 7.62. The number of nitrogens with one attached hydrogen (secondary N) is 1. The number of carbonyl (C=O) groups is 2. The predicted molar refractivity (Wildman–Crippen MR) is 175 cm³/mol. The van der Waals surface area contributed by atoms with Gasteiger partial charge in [-0.05, 0) is 49.4 Å². The monoisotopic (exact) mass is 641 g/mol. The van der Waals surface area contributed by atoms with E-state index in [9.17, 15) is 14.7 Å². The van der Waals surface area contributed by atoms with Crippen molar-refractivity contribution in [3.05, 3.63) is 101 Å². The lowest BCUT2D eigenvalue weighted by Crippen LogP contribution is -2.66. The van der Waals surface area contributed by atoms with Crippen molar-refractivity contribution in [3.8, 4) is 11.4 Å². The molecule has 0 radical (unpaired) electrons. The summed E-state index contributed by atoms with van der Waals surface area (Å²) in [4.78, 5) is 35.5. The molecule has 1 fully saturated rings.